The lowest BCUT2D eigenvalue weighted by Crippen LogP contribution is -2.21. The molecule has 0 unspecified atom stereocenters. The van der Waals surface area contributed by atoms with E-state index in [4.69, 9.17) is 21.3 Å². The van der Waals surface area contributed by atoms with Crippen molar-refractivity contribution in [3.05, 3.63) is 76.0 Å². The molecule has 24 heavy (non-hydrogen) atoms. The van der Waals surface area contributed by atoms with Gasteiger partial charge in [-0.2, -0.15) is 0 Å². The Morgan fingerprint density at radius 3 is 2.46 bits per heavy atom. The van der Waals surface area contributed by atoms with Crippen molar-refractivity contribution in [2.24, 2.45) is 4.99 Å². The minimum atomic E-state index is 0.170. The lowest BCUT2D eigenvalue weighted by atomic mass is 10.1. The van der Waals surface area contributed by atoms with Gasteiger partial charge < -0.3 is 9.30 Å². The third kappa shape index (κ3) is 3.55. The van der Waals surface area contributed by atoms with Crippen LogP contribution in [-0.4, -0.2) is 11.7 Å². The molecular formula is C19H19ClN2OS. The fraction of sp³-hybridized carbons (Fsp3) is 0.211. The molecule has 3 nitrogen and oxygen atoms in total. The topological polar surface area (TPSA) is 26.5 Å². The highest BCUT2D eigenvalue weighted by Crippen LogP contribution is 2.22. The van der Waals surface area contributed by atoms with Crippen LogP contribution in [0.1, 0.15) is 24.2 Å². The van der Waals surface area contributed by atoms with E-state index in [1.807, 2.05) is 30.3 Å². The number of ether oxygens (including phenoxy) is 1. The van der Waals surface area contributed by atoms with E-state index >= 15 is 0 Å². The Kier molecular flexibility index (Phi) is 5.38. The number of hydrogen-bond acceptors (Lipinski definition) is 3. The zero-order valence-corrected chi connectivity index (χ0v) is 15.2. The van der Waals surface area contributed by atoms with Crippen molar-refractivity contribution in [2.45, 2.75) is 18.8 Å². The molecule has 0 fully saturated rings. The average molecular weight is 359 g/mol. The molecule has 1 aromatic heterocycles. The van der Waals surface area contributed by atoms with E-state index in [1.54, 1.807) is 18.4 Å². The van der Waals surface area contributed by atoms with Crippen molar-refractivity contribution in [3.63, 3.8) is 0 Å². The summed E-state index contributed by atoms with van der Waals surface area (Å²) in [5.41, 5.74) is 3.21. The molecule has 0 spiro atoms. The summed E-state index contributed by atoms with van der Waals surface area (Å²) in [7, 11) is 1.66. The zero-order chi connectivity index (χ0) is 16.9. The normalized spacial score (nSPS) is 13.0. The van der Waals surface area contributed by atoms with Gasteiger partial charge in [-0.15, -0.1) is 22.9 Å². The summed E-state index contributed by atoms with van der Waals surface area (Å²) < 4.78 is 7.40. The van der Waals surface area contributed by atoms with Crippen molar-refractivity contribution >= 4 is 28.6 Å². The molecule has 2 aromatic carbocycles. The van der Waals surface area contributed by atoms with Crippen LogP contribution >= 0.6 is 22.9 Å². The minimum absolute atomic E-state index is 0.170. The summed E-state index contributed by atoms with van der Waals surface area (Å²) >= 11 is 7.76. The summed E-state index contributed by atoms with van der Waals surface area (Å²) in [5.74, 6) is 1.29. The van der Waals surface area contributed by atoms with Crippen molar-refractivity contribution in [2.75, 3.05) is 7.11 Å². The van der Waals surface area contributed by atoms with E-state index < -0.39 is 0 Å². The Hall–Kier alpha value is -2.04. The molecule has 5 heteroatoms. The Bertz CT molecular complexity index is 853. The number of methoxy groups -OCH3 is 1. The van der Waals surface area contributed by atoms with Gasteiger partial charge in [0.05, 0.1) is 24.7 Å². The van der Waals surface area contributed by atoms with Crippen LogP contribution in [-0.2, 0) is 5.88 Å². The molecule has 0 radical (unpaired) electrons. The molecule has 0 saturated heterocycles. The van der Waals surface area contributed by atoms with Crippen LogP contribution in [0.2, 0.25) is 0 Å². The Morgan fingerprint density at radius 1 is 1.12 bits per heavy atom. The zero-order valence-electron chi connectivity index (χ0n) is 13.6. The first kappa shape index (κ1) is 16.8. The maximum Gasteiger partial charge on any atom is 0.190 e. The van der Waals surface area contributed by atoms with Gasteiger partial charge in [0.15, 0.2) is 4.80 Å². The number of hydrogen-bond donors (Lipinski definition) is 0. The predicted molar refractivity (Wildman–Crippen MR) is 100 cm³/mol. The standard InChI is InChI=1S/C19H19ClN2OS/c1-14(15-6-4-3-5-7-15)22-17(12-20)13-24-19(22)21-16-8-10-18(23-2)11-9-16/h3-11,13-14H,12H2,1-2H3/t14-/m1/s1. The lowest BCUT2D eigenvalue weighted by Gasteiger charge is -2.17. The molecule has 124 valence electrons. The van der Waals surface area contributed by atoms with Crippen molar-refractivity contribution in [3.8, 4) is 5.75 Å². The van der Waals surface area contributed by atoms with Crippen molar-refractivity contribution in [1.29, 1.82) is 0 Å². The van der Waals surface area contributed by atoms with E-state index in [2.05, 4.69) is 41.1 Å². The summed E-state index contributed by atoms with van der Waals surface area (Å²) in [4.78, 5) is 5.74. The van der Waals surface area contributed by atoms with Crippen LogP contribution in [0.15, 0.2) is 65.0 Å². The van der Waals surface area contributed by atoms with E-state index in [9.17, 15) is 0 Å². The van der Waals surface area contributed by atoms with E-state index in [0.29, 0.717) is 5.88 Å². The second-order valence-corrected chi connectivity index (χ2v) is 6.51. The molecule has 3 aromatic rings. The minimum Gasteiger partial charge on any atom is -0.497 e. The van der Waals surface area contributed by atoms with Crippen LogP contribution in [0.5, 0.6) is 5.75 Å². The number of rotatable bonds is 5. The first-order valence-corrected chi connectivity index (χ1v) is 9.13. The van der Waals surface area contributed by atoms with Gasteiger partial charge in [-0.3, -0.25) is 0 Å². The molecule has 0 saturated carbocycles. The van der Waals surface area contributed by atoms with Gasteiger partial charge in [0.1, 0.15) is 5.75 Å². The quantitative estimate of drug-likeness (QED) is 0.580. The number of thiazole rings is 1. The summed E-state index contributed by atoms with van der Waals surface area (Å²) in [6, 6.07) is 18.3. The number of halogens is 1. The van der Waals surface area contributed by atoms with E-state index in [0.717, 1.165) is 21.9 Å². The third-order valence-corrected chi connectivity index (χ3v) is 5.08. The third-order valence-electron chi connectivity index (χ3n) is 3.92. The molecular weight excluding hydrogens is 340 g/mol. The Labute approximate surface area is 150 Å². The smallest absolute Gasteiger partial charge is 0.190 e. The maximum atomic E-state index is 6.15. The lowest BCUT2D eigenvalue weighted by molar-refractivity contribution is 0.415. The molecule has 0 aliphatic carbocycles. The predicted octanol–water partition coefficient (Wildman–Crippen LogP) is 5.14. The highest BCUT2D eigenvalue weighted by atomic mass is 35.5. The summed E-state index contributed by atoms with van der Waals surface area (Å²) in [6.07, 6.45) is 0. The monoisotopic (exact) mass is 358 g/mol. The molecule has 1 heterocycles. The van der Waals surface area contributed by atoms with Crippen molar-refractivity contribution in [1.82, 2.24) is 4.57 Å². The van der Waals surface area contributed by atoms with Crippen LogP contribution < -0.4 is 9.54 Å². The first-order chi connectivity index (χ1) is 11.7. The molecule has 0 aliphatic heterocycles. The van der Waals surface area contributed by atoms with Gasteiger partial charge in [0, 0.05) is 11.1 Å². The number of alkyl halides is 1. The van der Waals surface area contributed by atoms with Crippen LogP contribution in [0.25, 0.3) is 0 Å². The molecule has 0 aliphatic rings. The van der Waals surface area contributed by atoms with Gasteiger partial charge in [-0.1, -0.05) is 30.3 Å². The molecule has 1 atom stereocenters. The van der Waals surface area contributed by atoms with Crippen LogP contribution in [0.4, 0.5) is 5.69 Å². The van der Waals surface area contributed by atoms with Gasteiger partial charge >= 0.3 is 0 Å². The van der Waals surface area contributed by atoms with E-state index in [1.165, 1.54) is 5.56 Å². The molecule has 0 N–H and O–H groups in total. The summed E-state index contributed by atoms with van der Waals surface area (Å²) in [6.45, 7) is 2.17. The van der Waals surface area contributed by atoms with Gasteiger partial charge in [-0.25, -0.2) is 4.99 Å². The second-order valence-electron chi connectivity index (χ2n) is 5.41. The first-order valence-electron chi connectivity index (χ1n) is 7.71. The Balaban J connectivity index is 2.05. The second kappa shape index (κ2) is 7.69. The highest BCUT2D eigenvalue weighted by molar-refractivity contribution is 7.07. The van der Waals surface area contributed by atoms with Gasteiger partial charge in [-0.05, 0) is 36.8 Å². The van der Waals surface area contributed by atoms with Crippen LogP contribution in [0.3, 0.4) is 0 Å². The maximum absolute atomic E-state index is 6.15. The van der Waals surface area contributed by atoms with Gasteiger partial charge in [0.2, 0.25) is 0 Å². The van der Waals surface area contributed by atoms with Crippen molar-refractivity contribution < 1.29 is 4.74 Å². The fourth-order valence-electron chi connectivity index (χ4n) is 2.60. The Morgan fingerprint density at radius 2 is 1.83 bits per heavy atom. The summed E-state index contributed by atoms with van der Waals surface area (Å²) in [5, 5.41) is 2.08. The molecule has 0 bridgehead atoms. The number of benzene rings is 2. The highest BCUT2D eigenvalue weighted by Gasteiger charge is 2.13. The SMILES string of the molecule is COc1ccc(N=c2scc(CCl)n2[C@H](C)c2ccccc2)cc1. The fourth-order valence-corrected chi connectivity index (χ4v) is 3.88. The average Bonchev–Trinajstić information content (AvgIpc) is 3.05. The molecule has 3 rings (SSSR count). The van der Waals surface area contributed by atoms with Gasteiger partial charge in [0.25, 0.3) is 0 Å². The van der Waals surface area contributed by atoms with E-state index in [-0.39, 0.29) is 6.04 Å². The molecule has 0 amide bonds. The number of aromatic nitrogens is 1. The largest absolute Gasteiger partial charge is 0.497 e. The number of nitrogens with zero attached hydrogens (tertiary/aromatic N) is 2. The van der Waals surface area contributed by atoms with Crippen LogP contribution in [0, 0.1) is 0 Å².